The van der Waals surface area contributed by atoms with Crippen LogP contribution in [0, 0.1) is 5.82 Å². The number of oxazole rings is 1. The van der Waals surface area contributed by atoms with Crippen molar-refractivity contribution in [1.82, 2.24) is 14.5 Å². The van der Waals surface area contributed by atoms with Gasteiger partial charge in [0.2, 0.25) is 5.95 Å². The van der Waals surface area contributed by atoms with E-state index in [2.05, 4.69) is 15.3 Å². The Labute approximate surface area is 153 Å². The Morgan fingerprint density at radius 1 is 1.18 bits per heavy atom. The summed E-state index contributed by atoms with van der Waals surface area (Å²) in [4.78, 5) is 19.2. The van der Waals surface area contributed by atoms with Crippen molar-refractivity contribution in [2.75, 3.05) is 5.32 Å². The zero-order chi connectivity index (χ0) is 20.2. The first kappa shape index (κ1) is 17.8. The second-order valence-corrected chi connectivity index (χ2v) is 5.94. The molecule has 0 radical (unpaired) electrons. The van der Waals surface area contributed by atoms with E-state index in [1.165, 1.54) is 12.1 Å². The minimum absolute atomic E-state index is 0.0502. The minimum Gasteiger partial charge on any atom is -0.478 e. The second-order valence-electron chi connectivity index (χ2n) is 5.94. The van der Waals surface area contributed by atoms with Crippen molar-refractivity contribution in [2.45, 2.75) is 6.18 Å². The number of carboxylic acid groups (broad SMARTS) is 1. The Bertz CT molecular complexity index is 1240. The quantitative estimate of drug-likeness (QED) is 0.503. The molecule has 0 spiro atoms. The Hall–Kier alpha value is -3.63. The maximum absolute atomic E-state index is 13.7. The van der Waals surface area contributed by atoms with Gasteiger partial charge in [-0.1, -0.05) is 0 Å². The fourth-order valence-corrected chi connectivity index (χ4v) is 2.76. The molecule has 2 heterocycles. The fourth-order valence-electron chi connectivity index (χ4n) is 2.76. The number of nitrogens with one attached hydrogen (secondary N) is 1. The summed E-state index contributed by atoms with van der Waals surface area (Å²) in [5.74, 6) is -2.35. The van der Waals surface area contributed by atoms with Gasteiger partial charge in [-0.15, -0.1) is 0 Å². The van der Waals surface area contributed by atoms with Crippen LogP contribution in [0.25, 0.3) is 22.1 Å². The summed E-state index contributed by atoms with van der Waals surface area (Å²) in [6, 6.07) is 5.34. The highest BCUT2D eigenvalue weighted by atomic mass is 19.4. The molecule has 4 rings (SSSR count). The number of hydrogen-bond acceptors (Lipinski definition) is 5. The number of anilines is 2. The number of aromatic carboxylic acids is 1. The summed E-state index contributed by atoms with van der Waals surface area (Å²) in [6.07, 6.45) is -4.86. The van der Waals surface area contributed by atoms with E-state index < -0.39 is 23.5 Å². The van der Waals surface area contributed by atoms with Crippen LogP contribution in [0.15, 0.2) is 34.7 Å². The van der Waals surface area contributed by atoms with Crippen LogP contribution in [0.1, 0.15) is 15.9 Å². The van der Waals surface area contributed by atoms with Gasteiger partial charge in [0, 0.05) is 13.1 Å². The molecule has 4 aromatic rings. The lowest BCUT2D eigenvalue weighted by atomic mass is 10.2. The predicted molar refractivity (Wildman–Crippen MR) is 89.9 cm³/mol. The van der Waals surface area contributed by atoms with E-state index in [1.807, 2.05) is 0 Å². The molecule has 144 valence electrons. The maximum atomic E-state index is 13.7. The minimum atomic E-state index is -4.86. The molecule has 0 aliphatic heterocycles. The van der Waals surface area contributed by atoms with E-state index in [1.54, 1.807) is 17.7 Å². The Morgan fingerprint density at radius 2 is 1.93 bits per heavy atom. The average molecular weight is 394 g/mol. The number of halogens is 4. The van der Waals surface area contributed by atoms with E-state index in [0.717, 1.165) is 0 Å². The van der Waals surface area contributed by atoms with Crippen LogP contribution >= 0.6 is 0 Å². The molecule has 0 fully saturated rings. The summed E-state index contributed by atoms with van der Waals surface area (Å²) in [5.41, 5.74) is -0.760. The van der Waals surface area contributed by atoms with E-state index in [4.69, 9.17) is 9.52 Å². The highest BCUT2D eigenvalue weighted by molar-refractivity contribution is 5.93. The highest BCUT2D eigenvalue weighted by Crippen LogP contribution is 2.35. The molecule has 11 heteroatoms. The van der Waals surface area contributed by atoms with Gasteiger partial charge in [-0.05, 0) is 24.3 Å². The number of hydrogen-bond donors (Lipinski definition) is 2. The Morgan fingerprint density at radius 3 is 2.61 bits per heavy atom. The second kappa shape index (κ2) is 5.94. The van der Waals surface area contributed by atoms with Gasteiger partial charge >= 0.3 is 18.2 Å². The van der Waals surface area contributed by atoms with Crippen LogP contribution in [0.5, 0.6) is 0 Å². The number of nitrogens with zero attached hydrogens (tertiary/aromatic N) is 3. The van der Waals surface area contributed by atoms with Crippen molar-refractivity contribution in [1.29, 1.82) is 0 Å². The van der Waals surface area contributed by atoms with Gasteiger partial charge in [-0.3, -0.25) is 5.32 Å². The highest BCUT2D eigenvalue weighted by Gasteiger charge is 2.35. The first-order chi connectivity index (χ1) is 13.1. The number of aryl methyl sites for hydroxylation is 1. The number of fused-ring (bicyclic) bond motifs is 2. The Kier molecular flexibility index (Phi) is 3.77. The van der Waals surface area contributed by atoms with Gasteiger partial charge < -0.3 is 14.1 Å². The third-order valence-electron chi connectivity index (χ3n) is 4.13. The number of imidazole rings is 1. The first-order valence-corrected chi connectivity index (χ1v) is 7.77. The largest absolute Gasteiger partial charge is 0.478 e. The van der Waals surface area contributed by atoms with Gasteiger partial charge in [0.25, 0.3) is 0 Å². The van der Waals surface area contributed by atoms with Crippen LogP contribution in [0.4, 0.5) is 29.5 Å². The molecule has 2 aromatic heterocycles. The maximum Gasteiger partial charge on any atom is 0.419 e. The number of carbonyl (C=O) groups is 1. The number of alkyl halides is 3. The molecule has 0 bridgehead atoms. The van der Waals surface area contributed by atoms with Crippen LogP contribution in [0.3, 0.4) is 0 Å². The summed E-state index contributed by atoms with van der Waals surface area (Å²) in [5, 5.41) is 11.8. The lowest BCUT2D eigenvalue weighted by Crippen LogP contribution is -2.07. The summed E-state index contributed by atoms with van der Waals surface area (Å²) >= 11 is 0. The number of aromatic nitrogens is 3. The molecule has 0 saturated carbocycles. The molecule has 0 unspecified atom stereocenters. The molecular weight excluding hydrogens is 384 g/mol. The average Bonchev–Trinajstić information content (AvgIpc) is 3.13. The lowest BCUT2D eigenvalue weighted by molar-refractivity contribution is -0.139. The molecule has 28 heavy (non-hydrogen) atoms. The molecule has 2 aromatic carbocycles. The van der Waals surface area contributed by atoms with Crippen molar-refractivity contribution >= 4 is 40.1 Å². The third-order valence-corrected chi connectivity index (χ3v) is 4.13. The van der Waals surface area contributed by atoms with E-state index in [-0.39, 0.29) is 28.6 Å². The fraction of sp³-hybridized carbons (Fsp3) is 0.118. The van der Waals surface area contributed by atoms with Crippen molar-refractivity contribution in [2.24, 2.45) is 7.05 Å². The zero-order valence-electron chi connectivity index (χ0n) is 14.0. The normalized spacial score (nSPS) is 12.0. The molecule has 0 aliphatic carbocycles. The molecule has 0 amide bonds. The third kappa shape index (κ3) is 2.90. The van der Waals surface area contributed by atoms with E-state index >= 15 is 0 Å². The predicted octanol–water partition coefficient (Wildman–Crippen LogP) is 4.31. The van der Waals surface area contributed by atoms with Gasteiger partial charge in [-0.2, -0.15) is 18.2 Å². The number of carboxylic acids is 1. The van der Waals surface area contributed by atoms with E-state index in [0.29, 0.717) is 23.2 Å². The van der Waals surface area contributed by atoms with Crippen LogP contribution in [-0.2, 0) is 13.2 Å². The molecule has 0 saturated heterocycles. The zero-order valence-corrected chi connectivity index (χ0v) is 14.0. The van der Waals surface area contributed by atoms with Crippen LogP contribution in [-0.4, -0.2) is 25.6 Å². The number of rotatable bonds is 3. The van der Waals surface area contributed by atoms with Gasteiger partial charge in [-0.25, -0.2) is 14.2 Å². The summed E-state index contributed by atoms with van der Waals surface area (Å²) < 4.78 is 58.9. The SMILES string of the molecule is Cn1c(Nc2nc3cc(F)c(C(F)(F)F)cc3o2)nc2cc(C(=O)O)ccc21. The molecule has 2 N–H and O–H groups in total. The lowest BCUT2D eigenvalue weighted by Gasteiger charge is -2.06. The summed E-state index contributed by atoms with van der Waals surface area (Å²) in [7, 11) is 1.64. The Balaban J connectivity index is 1.73. The standard InChI is InChI=1S/C17H10F4N4O3/c1-25-12-3-2-7(14(26)27)4-10(12)22-15(25)24-16-23-11-6-9(18)8(17(19,20)21)5-13(11)28-16/h2-6H,1H3,(H,26,27)(H,22,23,24). The molecule has 0 atom stereocenters. The topological polar surface area (TPSA) is 93.2 Å². The van der Waals surface area contributed by atoms with E-state index in [9.17, 15) is 22.4 Å². The summed E-state index contributed by atoms with van der Waals surface area (Å²) in [6.45, 7) is 0. The van der Waals surface area contributed by atoms with Gasteiger partial charge in [0.15, 0.2) is 5.58 Å². The van der Waals surface area contributed by atoms with Gasteiger partial charge in [0.05, 0.1) is 22.2 Å². The van der Waals surface area contributed by atoms with Gasteiger partial charge in [0.1, 0.15) is 11.3 Å². The molecular formula is C17H10F4N4O3. The monoisotopic (exact) mass is 394 g/mol. The van der Waals surface area contributed by atoms with Crippen molar-refractivity contribution in [3.05, 3.63) is 47.3 Å². The van der Waals surface area contributed by atoms with Crippen molar-refractivity contribution in [3.63, 3.8) is 0 Å². The number of benzene rings is 2. The van der Waals surface area contributed by atoms with Crippen molar-refractivity contribution in [3.8, 4) is 0 Å². The van der Waals surface area contributed by atoms with Crippen LogP contribution in [0.2, 0.25) is 0 Å². The van der Waals surface area contributed by atoms with Crippen molar-refractivity contribution < 1.29 is 31.9 Å². The smallest absolute Gasteiger partial charge is 0.419 e. The first-order valence-electron chi connectivity index (χ1n) is 7.77. The molecule has 7 nitrogen and oxygen atoms in total. The van der Waals surface area contributed by atoms with Crippen LogP contribution < -0.4 is 5.32 Å². The molecule has 0 aliphatic rings.